The first kappa shape index (κ1) is 25.5. The minimum absolute atomic E-state index is 0.105. The fourth-order valence-corrected chi connectivity index (χ4v) is 5.00. The third-order valence-electron chi connectivity index (χ3n) is 7.03. The smallest absolute Gasteiger partial charge is 0.337 e. The summed E-state index contributed by atoms with van der Waals surface area (Å²) >= 11 is 0. The van der Waals surface area contributed by atoms with Crippen LogP contribution in [0.5, 0.6) is 11.5 Å². The molecule has 0 fully saturated rings. The molecule has 1 aliphatic heterocycles. The van der Waals surface area contributed by atoms with E-state index in [2.05, 4.69) is 5.32 Å². The molecular formula is C29H32FNO5. The van der Waals surface area contributed by atoms with Gasteiger partial charge in [-0.05, 0) is 56.4 Å². The van der Waals surface area contributed by atoms with Crippen LogP contribution in [0.1, 0.15) is 63.0 Å². The molecule has 1 aliphatic carbocycles. The number of esters is 1. The van der Waals surface area contributed by atoms with Gasteiger partial charge in [0.15, 0.2) is 17.3 Å². The summed E-state index contributed by atoms with van der Waals surface area (Å²) in [5.41, 5.74) is 3.21. The van der Waals surface area contributed by atoms with E-state index in [0.29, 0.717) is 46.9 Å². The Hall–Kier alpha value is -3.61. The van der Waals surface area contributed by atoms with Gasteiger partial charge in [0, 0.05) is 29.0 Å². The molecule has 0 amide bonds. The molecule has 0 aromatic heterocycles. The van der Waals surface area contributed by atoms with Gasteiger partial charge in [-0.25, -0.2) is 9.18 Å². The van der Waals surface area contributed by atoms with Crippen molar-refractivity contribution < 1.29 is 28.2 Å². The summed E-state index contributed by atoms with van der Waals surface area (Å²) in [6, 6.07) is 11.9. The van der Waals surface area contributed by atoms with Crippen molar-refractivity contribution in [3.8, 4) is 11.5 Å². The fourth-order valence-electron chi connectivity index (χ4n) is 5.00. The number of ketones is 1. The van der Waals surface area contributed by atoms with Crippen LogP contribution in [0.4, 0.5) is 4.39 Å². The molecular weight excluding hydrogens is 461 g/mol. The van der Waals surface area contributed by atoms with E-state index in [1.54, 1.807) is 39.3 Å². The molecule has 7 heteroatoms. The summed E-state index contributed by atoms with van der Waals surface area (Å²) in [6.07, 6.45) is 1.11. The van der Waals surface area contributed by atoms with Crippen LogP contribution in [-0.4, -0.2) is 32.1 Å². The summed E-state index contributed by atoms with van der Waals surface area (Å²) in [7, 11) is 3.15. The third kappa shape index (κ3) is 4.74. The topological polar surface area (TPSA) is 73.9 Å². The molecule has 2 aromatic rings. The van der Waals surface area contributed by atoms with Crippen LogP contribution < -0.4 is 14.8 Å². The SMILES string of the molecule is CC[C@H](C)OC(=O)C1=C(C)NC2=C(C(=O)C[C@H](c3ccc(OC)c(OC)c3)C2)[C@@H]1c1ccccc1F. The zero-order valence-electron chi connectivity index (χ0n) is 21.3. The fraction of sp³-hybridized carbons (Fsp3) is 0.379. The van der Waals surface area contributed by atoms with Gasteiger partial charge in [-0.1, -0.05) is 31.2 Å². The van der Waals surface area contributed by atoms with Gasteiger partial charge in [0.2, 0.25) is 0 Å². The van der Waals surface area contributed by atoms with E-state index in [1.165, 1.54) is 6.07 Å². The zero-order chi connectivity index (χ0) is 26.0. The van der Waals surface area contributed by atoms with Gasteiger partial charge >= 0.3 is 5.97 Å². The van der Waals surface area contributed by atoms with Crippen molar-refractivity contribution in [2.45, 2.75) is 58.0 Å². The minimum Gasteiger partial charge on any atom is -0.493 e. The van der Waals surface area contributed by atoms with Crippen LogP contribution in [-0.2, 0) is 14.3 Å². The second-order valence-corrected chi connectivity index (χ2v) is 9.28. The number of hydrogen-bond donors (Lipinski definition) is 1. The Balaban J connectivity index is 1.77. The summed E-state index contributed by atoms with van der Waals surface area (Å²) < 4.78 is 31.5. The number of Topliss-reactive ketones (excluding diaryl/α,β-unsaturated/α-hetero) is 1. The van der Waals surface area contributed by atoms with E-state index in [0.717, 1.165) is 5.56 Å². The van der Waals surface area contributed by atoms with Gasteiger partial charge in [0.1, 0.15) is 5.82 Å². The van der Waals surface area contributed by atoms with Gasteiger partial charge in [0.25, 0.3) is 0 Å². The molecule has 0 spiro atoms. The number of hydrogen-bond acceptors (Lipinski definition) is 6. The van der Waals surface area contributed by atoms with Crippen LogP contribution in [0.3, 0.4) is 0 Å². The second kappa shape index (κ2) is 10.6. The second-order valence-electron chi connectivity index (χ2n) is 9.28. The highest BCUT2D eigenvalue weighted by Gasteiger charge is 2.42. The number of methoxy groups -OCH3 is 2. The summed E-state index contributed by atoms with van der Waals surface area (Å²) in [6.45, 7) is 5.51. The van der Waals surface area contributed by atoms with Gasteiger partial charge in [-0.2, -0.15) is 0 Å². The maximum atomic E-state index is 15.1. The maximum absolute atomic E-state index is 15.1. The number of allylic oxidation sites excluding steroid dienone is 3. The van der Waals surface area contributed by atoms with Gasteiger partial charge < -0.3 is 19.5 Å². The lowest BCUT2D eigenvalue weighted by atomic mass is 9.71. The minimum atomic E-state index is -0.835. The number of ether oxygens (including phenoxy) is 3. The Morgan fingerprint density at radius 2 is 1.83 bits per heavy atom. The number of benzene rings is 2. The van der Waals surface area contributed by atoms with Crippen molar-refractivity contribution in [3.05, 3.63) is 81.9 Å². The summed E-state index contributed by atoms with van der Waals surface area (Å²) in [5, 5.41) is 3.30. The Labute approximate surface area is 211 Å². The van der Waals surface area contributed by atoms with Gasteiger partial charge in [-0.3, -0.25) is 4.79 Å². The molecule has 0 saturated carbocycles. The van der Waals surface area contributed by atoms with E-state index in [4.69, 9.17) is 14.2 Å². The standard InChI is InChI=1S/C29H32FNO5/c1-6-16(2)36-29(33)26-17(3)31-22-13-19(18-11-12-24(34-4)25(15-18)35-5)14-23(32)28(22)27(26)20-9-7-8-10-21(20)30/h7-12,15-16,19,27,31H,6,13-14H2,1-5H3/t16-,19+,27+/m0/s1. The number of nitrogens with one attached hydrogen (secondary N) is 1. The molecule has 190 valence electrons. The first-order valence-electron chi connectivity index (χ1n) is 12.2. The van der Waals surface area contributed by atoms with E-state index < -0.39 is 17.7 Å². The van der Waals surface area contributed by atoms with Crippen molar-refractivity contribution in [2.24, 2.45) is 0 Å². The first-order valence-corrected chi connectivity index (χ1v) is 12.2. The molecule has 6 nitrogen and oxygen atoms in total. The molecule has 4 rings (SSSR count). The van der Waals surface area contributed by atoms with Crippen LogP contribution in [0, 0.1) is 5.82 Å². The van der Waals surface area contributed by atoms with Crippen LogP contribution in [0.2, 0.25) is 0 Å². The molecule has 2 aromatic carbocycles. The number of rotatable bonds is 7. The van der Waals surface area contributed by atoms with E-state index in [9.17, 15) is 9.59 Å². The van der Waals surface area contributed by atoms with Crippen molar-refractivity contribution in [1.82, 2.24) is 5.32 Å². The molecule has 0 saturated heterocycles. The molecule has 0 bridgehead atoms. The van der Waals surface area contributed by atoms with Gasteiger partial charge in [0.05, 0.1) is 31.8 Å². The lowest BCUT2D eigenvalue weighted by Crippen LogP contribution is -2.36. The average Bonchev–Trinajstić information content (AvgIpc) is 2.87. The Bertz CT molecular complexity index is 1250. The van der Waals surface area contributed by atoms with Crippen molar-refractivity contribution in [2.75, 3.05) is 14.2 Å². The molecule has 0 radical (unpaired) electrons. The first-order chi connectivity index (χ1) is 17.3. The number of dihydropyridines is 1. The highest BCUT2D eigenvalue weighted by molar-refractivity contribution is 6.04. The van der Waals surface area contributed by atoms with Crippen LogP contribution in [0.25, 0.3) is 0 Å². The maximum Gasteiger partial charge on any atom is 0.337 e. The normalized spacial score (nSPS) is 20.4. The Kier molecular flexibility index (Phi) is 7.48. The molecule has 36 heavy (non-hydrogen) atoms. The van der Waals surface area contributed by atoms with Crippen LogP contribution >= 0.6 is 0 Å². The highest BCUT2D eigenvalue weighted by Crippen LogP contribution is 2.47. The third-order valence-corrected chi connectivity index (χ3v) is 7.03. The predicted octanol–water partition coefficient (Wildman–Crippen LogP) is 5.55. The predicted molar refractivity (Wildman–Crippen MR) is 134 cm³/mol. The van der Waals surface area contributed by atoms with Crippen molar-refractivity contribution >= 4 is 11.8 Å². The molecule has 3 atom stereocenters. The molecule has 2 aliphatic rings. The van der Waals surface area contributed by atoms with Crippen molar-refractivity contribution in [3.63, 3.8) is 0 Å². The monoisotopic (exact) mass is 493 g/mol. The summed E-state index contributed by atoms with van der Waals surface area (Å²) in [5.74, 6) is -0.866. The van der Waals surface area contributed by atoms with Crippen molar-refractivity contribution in [1.29, 1.82) is 0 Å². The van der Waals surface area contributed by atoms with E-state index >= 15 is 4.39 Å². The van der Waals surface area contributed by atoms with Crippen LogP contribution in [0.15, 0.2) is 65.0 Å². The van der Waals surface area contributed by atoms with Gasteiger partial charge in [-0.15, -0.1) is 0 Å². The quantitative estimate of drug-likeness (QED) is 0.510. The lowest BCUT2D eigenvalue weighted by molar-refractivity contribution is -0.144. The Morgan fingerprint density at radius 3 is 2.50 bits per heavy atom. The van der Waals surface area contributed by atoms with E-state index in [-0.39, 0.29) is 29.8 Å². The zero-order valence-corrected chi connectivity index (χ0v) is 21.3. The summed E-state index contributed by atoms with van der Waals surface area (Å²) in [4.78, 5) is 27.0. The lowest BCUT2D eigenvalue weighted by Gasteiger charge is -2.37. The number of halogens is 1. The largest absolute Gasteiger partial charge is 0.493 e. The highest BCUT2D eigenvalue weighted by atomic mass is 19.1. The Morgan fingerprint density at radius 1 is 1.11 bits per heavy atom. The molecule has 0 unspecified atom stereocenters. The molecule has 1 heterocycles. The number of carbonyl (C=O) groups is 2. The van der Waals surface area contributed by atoms with E-state index in [1.807, 2.05) is 32.0 Å². The average molecular weight is 494 g/mol. The molecule has 1 N–H and O–H groups in total. The number of carbonyl (C=O) groups excluding carboxylic acids is 2.